The van der Waals surface area contributed by atoms with E-state index in [4.69, 9.17) is 5.73 Å². The maximum atomic E-state index is 11.6. The van der Waals surface area contributed by atoms with E-state index in [0.717, 1.165) is 12.8 Å². The summed E-state index contributed by atoms with van der Waals surface area (Å²) in [7, 11) is 0. The standard InChI is InChI=1S/C11H16N2O3/c12-6-1-2-7-13-11(16)8-4-3-5-9(14)10(8)15/h3-5,14-15H,1-2,6-7,12H2,(H,13,16). The van der Waals surface area contributed by atoms with Crippen molar-refractivity contribution in [1.82, 2.24) is 5.32 Å². The first-order valence-corrected chi connectivity index (χ1v) is 5.16. The molecular formula is C11H16N2O3. The molecule has 1 aromatic carbocycles. The normalized spacial score (nSPS) is 10.1. The highest BCUT2D eigenvalue weighted by molar-refractivity contribution is 5.97. The Morgan fingerprint density at radius 1 is 1.31 bits per heavy atom. The Morgan fingerprint density at radius 2 is 2.06 bits per heavy atom. The molecule has 0 fully saturated rings. The molecule has 0 aliphatic rings. The molecule has 1 aromatic rings. The first-order chi connectivity index (χ1) is 7.66. The summed E-state index contributed by atoms with van der Waals surface area (Å²) in [6.45, 7) is 1.10. The predicted molar refractivity (Wildman–Crippen MR) is 60.4 cm³/mol. The number of phenols is 2. The van der Waals surface area contributed by atoms with Crippen LogP contribution in [-0.2, 0) is 0 Å². The van der Waals surface area contributed by atoms with Crippen LogP contribution in [-0.4, -0.2) is 29.2 Å². The summed E-state index contributed by atoms with van der Waals surface area (Å²) >= 11 is 0. The molecule has 0 spiro atoms. The monoisotopic (exact) mass is 224 g/mol. The summed E-state index contributed by atoms with van der Waals surface area (Å²) < 4.78 is 0. The van der Waals surface area contributed by atoms with Crippen molar-refractivity contribution in [3.05, 3.63) is 23.8 Å². The molecule has 0 unspecified atom stereocenters. The number of rotatable bonds is 5. The number of hydrogen-bond donors (Lipinski definition) is 4. The van der Waals surface area contributed by atoms with Crippen LogP contribution in [0.1, 0.15) is 23.2 Å². The van der Waals surface area contributed by atoms with Crippen LogP contribution in [0.4, 0.5) is 0 Å². The number of unbranched alkanes of at least 4 members (excludes halogenated alkanes) is 1. The Labute approximate surface area is 93.9 Å². The summed E-state index contributed by atoms with van der Waals surface area (Å²) in [5.74, 6) is -1.08. The fourth-order valence-corrected chi connectivity index (χ4v) is 1.28. The lowest BCUT2D eigenvalue weighted by atomic mass is 10.1. The summed E-state index contributed by atoms with van der Waals surface area (Å²) in [6.07, 6.45) is 1.63. The molecule has 0 heterocycles. The van der Waals surface area contributed by atoms with E-state index in [-0.39, 0.29) is 17.1 Å². The van der Waals surface area contributed by atoms with Crippen LogP contribution in [0.5, 0.6) is 11.5 Å². The smallest absolute Gasteiger partial charge is 0.255 e. The van der Waals surface area contributed by atoms with Crippen molar-refractivity contribution in [1.29, 1.82) is 0 Å². The molecule has 0 saturated heterocycles. The Hall–Kier alpha value is -1.75. The average molecular weight is 224 g/mol. The second-order valence-corrected chi connectivity index (χ2v) is 3.42. The zero-order valence-electron chi connectivity index (χ0n) is 8.94. The number of para-hydroxylation sites is 1. The summed E-state index contributed by atoms with van der Waals surface area (Å²) in [5, 5.41) is 21.3. The minimum Gasteiger partial charge on any atom is -0.504 e. The number of aromatic hydroxyl groups is 2. The molecule has 0 aliphatic heterocycles. The van der Waals surface area contributed by atoms with Gasteiger partial charge in [0.15, 0.2) is 11.5 Å². The van der Waals surface area contributed by atoms with Gasteiger partial charge in [-0.05, 0) is 31.5 Å². The minimum atomic E-state index is -0.398. The van der Waals surface area contributed by atoms with Crippen LogP contribution in [0.15, 0.2) is 18.2 Å². The van der Waals surface area contributed by atoms with Gasteiger partial charge in [0, 0.05) is 6.54 Å². The van der Waals surface area contributed by atoms with Crippen molar-refractivity contribution in [2.45, 2.75) is 12.8 Å². The minimum absolute atomic E-state index is 0.0766. The molecule has 0 aromatic heterocycles. The molecule has 0 radical (unpaired) electrons. The topological polar surface area (TPSA) is 95.6 Å². The molecule has 16 heavy (non-hydrogen) atoms. The summed E-state index contributed by atoms with van der Waals surface area (Å²) in [5.41, 5.74) is 5.39. The van der Waals surface area contributed by atoms with Crippen molar-refractivity contribution in [2.24, 2.45) is 5.73 Å². The van der Waals surface area contributed by atoms with Crippen molar-refractivity contribution in [2.75, 3.05) is 13.1 Å². The molecule has 0 saturated carbocycles. The Kier molecular flexibility index (Phi) is 4.60. The predicted octanol–water partition coefficient (Wildman–Crippen LogP) is 0.567. The highest BCUT2D eigenvalue weighted by Gasteiger charge is 2.12. The molecule has 5 nitrogen and oxygen atoms in total. The number of carbonyl (C=O) groups excluding carboxylic acids is 1. The largest absolute Gasteiger partial charge is 0.504 e. The summed E-state index contributed by atoms with van der Waals surface area (Å²) in [6, 6.07) is 4.28. The molecule has 0 bridgehead atoms. The third kappa shape index (κ3) is 3.13. The van der Waals surface area contributed by atoms with E-state index in [1.165, 1.54) is 18.2 Å². The van der Waals surface area contributed by atoms with Gasteiger partial charge in [-0.15, -0.1) is 0 Å². The van der Waals surface area contributed by atoms with E-state index in [1.807, 2.05) is 0 Å². The van der Waals surface area contributed by atoms with Gasteiger partial charge in [-0.1, -0.05) is 6.07 Å². The number of carbonyl (C=O) groups is 1. The second kappa shape index (κ2) is 5.97. The van der Waals surface area contributed by atoms with Gasteiger partial charge in [0.05, 0.1) is 5.56 Å². The maximum absolute atomic E-state index is 11.6. The van der Waals surface area contributed by atoms with E-state index >= 15 is 0 Å². The second-order valence-electron chi connectivity index (χ2n) is 3.42. The number of nitrogens with one attached hydrogen (secondary N) is 1. The van der Waals surface area contributed by atoms with Gasteiger partial charge in [-0.3, -0.25) is 4.79 Å². The Balaban J connectivity index is 2.56. The van der Waals surface area contributed by atoms with Crippen molar-refractivity contribution >= 4 is 5.91 Å². The number of phenolic OH excluding ortho intramolecular Hbond substituents is 2. The lowest BCUT2D eigenvalue weighted by Crippen LogP contribution is -2.24. The molecular weight excluding hydrogens is 208 g/mol. The van der Waals surface area contributed by atoms with Crippen molar-refractivity contribution < 1.29 is 15.0 Å². The SMILES string of the molecule is NCCCCNC(=O)c1cccc(O)c1O. The van der Waals surface area contributed by atoms with Crippen molar-refractivity contribution in [3.63, 3.8) is 0 Å². The van der Waals surface area contributed by atoms with Crippen molar-refractivity contribution in [3.8, 4) is 11.5 Å². The van der Waals surface area contributed by atoms with Gasteiger partial charge in [-0.25, -0.2) is 0 Å². The van der Waals surface area contributed by atoms with Gasteiger partial charge in [0.2, 0.25) is 0 Å². The maximum Gasteiger partial charge on any atom is 0.255 e. The summed E-state index contributed by atoms with van der Waals surface area (Å²) in [4.78, 5) is 11.6. The quantitative estimate of drug-likeness (QED) is 0.434. The van der Waals surface area contributed by atoms with E-state index < -0.39 is 5.91 Å². The molecule has 0 atom stereocenters. The average Bonchev–Trinajstić information content (AvgIpc) is 2.28. The molecule has 1 amide bonds. The van der Waals surface area contributed by atoms with E-state index in [2.05, 4.69) is 5.32 Å². The van der Waals surface area contributed by atoms with Crippen LogP contribution < -0.4 is 11.1 Å². The Bertz CT molecular complexity index is 366. The van der Waals surface area contributed by atoms with E-state index in [0.29, 0.717) is 13.1 Å². The first kappa shape index (κ1) is 12.3. The van der Waals surface area contributed by atoms with E-state index in [1.54, 1.807) is 0 Å². The fraction of sp³-hybridized carbons (Fsp3) is 0.364. The van der Waals surface area contributed by atoms with Gasteiger partial charge in [0.25, 0.3) is 5.91 Å². The third-order valence-corrected chi connectivity index (χ3v) is 2.18. The number of amides is 1. The van der Waals surface area contributed by atoms with Gasteiger partial charge < -0.3 is 21.3 Å². The molecule has 5 N–H and O–H groups in total. The Morgan fingerprint density at radius 3 is 2.75 bits per heavy atom. The highest BCUT2D eigenvalue weighted by atomic mass is 16.3. The number of hydrogen-bond acceptors (Lipinski definition) is 4. The number of nitrogens with two attached hydrogens (primary N) is 1. The van der Waals surface area contributed by atoms with Crippen LogP contribution in [0.3, 0.4) is 0 Å². The highest BCUT2D eigenvalue weighted by Crippen LogP contribution is 2.27. The zero-order chi connectivity index (χ0) is 12.0. The fourth-order valence-electron chi connectivity index (χ4n) is 1.28. The molecule has 88 valence electrons. The third-order valence-electron chi connectivity index (χ3n) is 2.18. The zero-order valence-corrected chi connectivity index (χ0v) is 8.94. The van der Waals surface area contributed by atoms with E-state index in [9.17, 15) is 15.0 Å². The molecule has 1 rings (SSSR count). The molecule has 0 aliphatic carbocycles. The molecule has 5 heteroatoms. The van der Waals surface area contributed by atoms with Crippen LogP contribution >= 0.6 is 0 Å². The van der Waals surface area contributed by atoms with Gasteiger partial charge in [-0.2, -0.15) is 0 Å². The van der Waals surface area contributed by atoms with Gasteiger partial charge in [0.1, 0.15) is 0 Å². The number of benzene rings is 1. The first-order valence-electron chi connectivity index (χ1n) is 5.16. The van der Waals surface area contributed by atoms with Crippen LogP contribution in [0.2, 0.25) is 0 Å². The van der Waals surface area contributed by atoms with Gasteiger partial charge >= 0.3 is 0 Å². The lowest BCUT2D eigenvalue weighted by molar-refractivity contribution is 0.0949. The van der Waals surface area contributed by atoms with Crippen LogP contribution in [0.25, 0.3) is 0 Å². The van der Waals surface area contributed by atoms with Crippen LogP contribution in [0, 0.1) is 0 Å². The lowest BCUT2D eigenvalue weighted by Gasteiger charge is -2.07.